The Bertz CT molecular complexity index is 1140. The van der Waals surface area contributed by atoms with Gasteiger partial charge in [-0.05, 0) is 34.4 Å². The number of benzene rings is 3. The zero-order valence-electron chi connectivity index (χ0n) is 18.8. The molecule has 0 fully saturated rings. The van der Waals surface area contributed by atoms with Crippen molar-refractivity contribution in [2.45, 2.75) is 24.9 Å². The molecule has 2 amide bonds. The summed E-state index contributed by atoms with van der Waals surface area (Å²) in [4.78, 5) is 30.8. The summed E-state index contributed by atoms with van der Waals surface area (Å²) in [5, 5.41) is 6.00. The van der Waals surface area contributed by atoms with Crippen LogP contribution in [0.4, 0.5) is 0 Å². The Kier molecular flexibility index (Phi) is 7.80. The highest BCUT2D eigenvalue weighted by Crippen LogP contribution is 2.25. The van der Waals surface area contributed by atoms with E-state index in [-0.39, 0.29) is 11.8 Å². The van der Waals surface area contributed by atoms with E-state index < -0.39 is 12.0 Å². The quantitative estimate of drug-likeness (QED) is 0.401. The largest absolute Gasteiger partial charge is 0.350 e. The molecule has 0 bridgehead atoms. The molecule has 3 aromatic carbocycles. The summed E-state index contributed by atoms with van der Waals surface area (Å²) in [6.45, 7) is 0.364. The minimum atomic E-state index is -0.716. The minimum absolute atomic E-state index is 0.211. The molecule has 1 aromatic heterocycles. The molecule has 4 aromatic rings. The molecular weight excluding hydrogens is 422 g/mol. The van der Waals surface area contributed by atoms with E-state index in [1.807, 2.05) is 103 Å². The molecule has 0 aliphatic heterocycles. The zero-order chi connectivity index (χ0) is 23.6. The normalized spacial score (nSPS) is 11.6. The topological polar surface area (TPSA) is 71.1 Å². The van der Waals surface area contributed by atoms with Crippen molar-refractivity contribution in [3.63, 3.8) is 0 Å². The number of carbonyl (C=O) groups is 2. The van der Waals surface area contributed by atoms with E-state index >= 15 is 0 Å². The highest BCUT2D eigenvalue weighted by molar-refractivity contribution is 5.92. The first-order chi connectivity index (χ1) is 16.7. The van der Waals surface area contributed by atoms with E-state index in [2.05, 4.69) is 15.6 Å². The molecule has 5 nitrogen and oxygen atoms in total. The number of amides is 2. The van der Waals surface area contributed by atoms with E-state index in [0.717, 1.165) is 22.3 Å². The third kappa shape index (κ3) is 6.17. The van der Waals surface area contributed by atoms with Crippen LogP contribution >= 0.6 is 0 Å². The van der Waals surface area contributed by atoms with E-state index in [0.29, 0.717) is 13.0 Å². The Morgan fingerprint density at radius 2 is 1.18 bits per heavy atom. The monoisotopic (exact) mass is 449 g/mol. The average Bonchev–Trinajstić information content (AvgIpc) is 2.89. The van der Waals surface area contributed by atoms with Gasteiger partial charge < -0.3 is 10.6 Å². The highest BCUT2D eigenvalue weighted by atomic mass is 16.2. The van der Waals surface area contributed by atoms with Gasteiger partial charge in [0, 0.05) is 25.4 Å². The number of carbonyl (C=O) groups excluding carboxylic acids is 2. The van der Waals surface area contributed by atoms with Crippen LogP contribution < -0.4 is 10.6 Å². The molecule has 170 valence electrons. The van der Waals surface area contributed by atoms with Crippen molar-refractivity contribution in [1.82, 2.24) is 15.6 Å². The SMILES string of the molecule is O=C(N[C@@H](Cc1ccccc1)C(=O)NCc1ccncc1)C(c1ccccc1)c1ccccc1. The van der Waals surface area contributed by atoms with Crippen LogP contribution in [-0.4, -0.2) is 22.8 Å². The van der Waals surface area contributed by atoms with Crippen LogP contribution in [0.1, 0.15) is 28.2 Å². The lowest BCUT2D eigenvalue weighted by molar-refractivity contribution is -0.129. The molecule has 0 aliphatic rings. The van der Waals surface area contributed by atoms with Gasteiger partial charge in [-0.1, -0.05) is 91.0 Å². The third-order valence-electron chi connectivity index (χ3n) is 5.66. The van der Waals surface area contributed by atoms with Crippen LogP contribution in [0.5, 0.6) is 0 Å². The highest BCUT2D eigenvalue weighted by Gasteiger charge is 2.28. The van der Waals surface area contributed by atoms with Crippen LogP contribution in [0.25, 0.3) is 0 Å². The Hall–Kier alpha value is -4.25. The maximum atomic E-state index is 13.6. The van der Waals surface area contributed by atoms with Gasteiger partial charge in [0.2, 0.25) is 11.8 Å². The summed E-state index contributed by atoms with van der Waals surface area (Å²) in [6.07, 6.45) is 3.77. The van der Waals surface area contributed by atoms with Gasteiger partial charge in [-0.3, -0.25) is 14.6 Å². The number of aromatic nitrogens is 1. The van der Waals surface area contributed by atoms with Crippen LogP contribution in [-0.2, 0) is 22.6 Å². The first-order valence-corrected chi connectivity index (χ1v) is 11.3. The Labute approximate surface area is 199 Å². The second-order valence-electron chi connectivity index (χ2n) is 8.08. The number of nitrogens with one attached hydrogen (secondary N) is 2. The van der Waals surface area contributed by atoms with Gasteiger partial charge in [0.15, 0.2) is 0 Å². The third-order valence-corrected chi connectivity index (χ3v) is 5.66. The molecule has 0 saturated carbocycles. The summed E-state index contributed by atoms with van der Waals surface area (Å²) in [7, 11) is 0. The lowest BCUT2D eigenvalue weighted by Crippen LogP contribution is -2.49. The van der Waals surface area contributed by atoms with Crippen molar-refractivity contribution >= 4 is 11.8 Å². The number of hydrogen-bond acceptors (Lipinski definition) is 3. The molecule has 0 radical (unpaired) electrons. The maximum absolute atomic E-state index is 13.6. The van der Waals surface area contributed by atoms with Crippen molar-refractivity contribution in [3.05, 3.63) is 138 Å². The van der Waals surface area contributed by atoms with Crippen molar-refractivity contribution < 1.29 is 9.59 Å². The van der Waals surface area contributed by atoms with Crippen molar-refractivity contribution in [2.75, 3.05) is 0 Å². The zero-order valence-corrected chi connectivity index (χ0v) is 18.8. The van der Waals surface area contributed by atoms with Crippen LogP contribution in [0, 0.1) is 0 Å². The fourth-order valence-electron chi connectivity index (χ4n) is 3.91. The van der Waals surface area contributed by atoms with E-state index in [1.165, 1.54) is 0 Å². The Morgan fingerprint density at radius 1 is 0.647 bits per heavy atom. The smallest absolute Gasteiger partial charge is 0.243 e. The number of hydrogen-bond donors (Lipinski definition) is 2. The minimum Gasteiger partial charge on any atom is -0.350 e. The molecular formula is C29H27N3O2. The lowest BCUT2D eigenvalue weighted by atomic mass is 9.90. The van der Waals surface area contributed by atoms with Gasteiger partial charge >= 0.3 is 0 Å². The molecule has 34 heavy (non-hydrogen) atoms. The second-order valence-corrected chi connectivity index (χ2v) is 8.08. The Morgan fingerprint density at radius 3 is 1.74 bits per heavy atom. The molecule has 2 N–H and O–H groups in total. The first kappa shape index (κ1) is 22.9. The number of rotatable bonds is 9. The Balaban J connectivity index is 1.57. The molecule has 0 unspecified atom stereocenters. The molecule has 1 heterocycles. The van der Waals surface area contributed by atoms with Gasteiger partial charge in [0.1, 0.15) is 6.04 Å². The van der Waals surface area contributed by atoms with Crippen molar-refractivity contribution in [3.8, 4) is 0 Å². The fraction of sp³-hybridized carbons (Fsp3) is 0.138. The maximum Gasteiger partial charge on any atom is 0.243 e. The van der Waals surface area contributed by atoms with Crippen molar-refractivity contribution in [2.24, 2.45) is 0 Å². The summed E-state index contributed by atoms with van der Waals surface area (Å²) in [5.41, 5.74) is 3.67. The van der Waals surface area contributed by atoms with Gasteiger partial charge in [-0.2, -0.15) is 0 Å². The number of nitrogens with zero attached hydrogens (tertiary/aromatic N) is 1. The van der Waals surface area contributed by atoms with E-state index in [1.54, 1.807) is 12.4 Å². The van der Waals surface area contributed by atoms with E-state index in [9.17, 15) is 9.59 Å². The molecule has 1 atom stereocenters. The summed E-state index contributed by atoms with van der Waals surface area (Å²) in [5.74, 6) is -0.958. The molecule has 5 heteroatoms. The van der Waals surface area contributed by atoms with Crippen LogP contribution in [0.15, 0.2) is 116 Å². The molecule has 0 aliphatic carbocycles. The molecule has 4 rings (SSSR count). The van der Waals surface area contributed by atoms with Crippen LogP contribution in [0.2, 0.25) is 0 Å². The average molecular weight is 450 g/mol. The predicted molar refractivity (Wildman–Crippen MR) is 133 cm³/mol. The van der Waals surface area contributed by atoms with Gasteiger partial charge in [0.05, 0.1) is 5.92 Å². The van der Waals surface area contributed by atoms with Gasteiger partial charge in [-0.15, -0.1) is 0 Å². The first-order valence-electron chi connectivity index (χ1n) is 11.3. The lowest BCUT2D eigenvalue weighted by Gasteiger charge is -2.23. The summed E-state index contributed by atoms with van der Waals surface area (Å²) < 4.78 is 0. The standard InChI is InChI=1S/C29H27N3O2/c33-28(31-21-23-16-18-30-19-17-23)26(20-22-10-4-1-5-11-22)32-29(34)27(24-12-6-2-7-13-24)25-14-8-3-9-15-25/h1-19,26-27H,20-21H2,(H,31,33)(H,32,34)/t26-/m0/s1. The van der Waals surface area contributed by atoms with E-state index in [4.69, 9.17) is 0 Å². The second kappa shape index (κ2) is 11.6. The van der Waals surface area contributed by atoms with Gasteiger partial charge in [0.25, 0.3) is 0 Å². The number of pyridine rings is 1. The molecule has 0 saturated heterocycles. The van der Waals surface area contributed by atoms with Crippen molar-refractivity contribution in [1.29, 1.82) is 0 Å². The van der Waals surface area contributed by atoms with Gasteiger partial charge in [-0.25, -0.2) is 0 Å². The molecule has 0 spiro atoms. The summed E-state index contributed by atoms with van der Waals surface area (Å²) in [6, 6.07) is 32.0. The predicted octanol–water partition coefficient (Wildman–Crippen LogP) is 4.26. The fourth-order valence-corrected chi connectivity index (χ4v) is 3.91. The summed E-state index contributed by atoms with van der Waals surface area (Å²) >= 11 is 0. The van der Waals surface area contributed by atoms with Crippen LogP contribution in [0.3, 0.4) is 0 Å².